The van der Waals surface area contributed by atoms with Crippen LogP contribution in [0, 0.1) is 5.82 Å². The lowest BCUT2D eigenvalue weighted by molar-refractivity contribution is 0.412. The molecule has 5 nitrogen and oxygen atoms in total. The average molecular weight is 443 g/mol. The predicted molar refractivity (Wildman–Crippen MR) is 122 cm³/mol. The number of sulfonamides is 1. The highest BCUT2D eigenvalue weighted by atomic mass is 32.2. The number of benzene rings is 3. The number of piperidine rings is 1. The van der Waals surface area contributed by atoms with Gasteiger partial charge in [0.25, 0.3) is 0 Å². The maximum Gasteiger partial charge on any atom is 0.240 e. The molecule has 1 aliphatic rings. The molecule has 0 aliphatic carbocycles. The second kappa shape index (κ2) is 9.24. The first-order chi connectivity index (χ1) is 15.0. The van der Waals surface area contributed by atoms with E-state index in [1.165, 1.54) is 12.5 Å². The van der Waals surface area contributed by atoms with Crippen molar-refractivity contribution in [3.8, 4) is 5.75 Å². The van der Waals surface area contributed by atoms with Crippen molar-refractivity contribution in [2.24, 2.45) is 0 Å². The van der Waals surface area contributed by atoms with Crippen molar-refractivity contribution < 1.29 is 17.5 Å². The third-order valence-corrected chi connectivity index (χ3v) is 7.26. The Bertz CT molecular complexity index is 1170. The summed E-state index contributed by atoms with van der Waals surface area (Å²) >= 11 is 0. The summed E-state index contributed by atoms with van der Waals surface area (Å²) in [5.74, 6) is 0.405. The zero-order valence-electron chi connectivity index (χ0n) is 17.6. The number of halogens is 1. The van der Waals surface area contributed by atoms with E-state index >= 15 is 0 Å². The minimum Gasteiger partial charge on any atom is -0.495 e. The lowest BCUT2D eigenvalue weighted by atomic mass is 10.0. The van der Waals surface area contributed by atoms with Crippen LogP contribution in [-0.4, -0.2) is 35.2 Å². The van der Waals surface area contributed by atoms with E-state index in [0.29, 0.717) is 17.6 Å². The van der Waals surface area contributed by atoms with Crippen molar-refractivity contribution in [2.75, 3.05) is 31.6 Å². The molecule has 0 radical (unpaired) electrons. The highest BCUT2D eigenvalue weighted by Crippen LogP contribution is 2.32. The Labute approximate surface area is 182 Å². The van der Waals surface area contributed by atoms with Crippen molar-refractivity contribution in [1.82, 2.24) is 4.72 Å². The number of fused-ring (bicyclic) bond motifs is 1. The summed E-state index contributed by atoms with van der Waals surface area (Å²) in [4.78, 5) is 2.41. The molecule has 1 N–H and O–H groups in total. The van der Waals surface area contributed by atoms with Gasteiger partial charge in [-0.25, -0.2) is 17.5 Å². The molecule has 4 rings (SSSR count). The van der Waals surface area contributed by atoms with E-state index in [0.717, 1.165) is 42.6 Å². The van der Waals surface area contributed by atoms with Crippen LogP contribution in [-0.2, 0) is 16.4 Å². The van der Waals surface area contributed by atoms with Gasteiger partial charge in [-0.05, 0) is 60.9 Å². The number of hydrogen-bond donors (Lipinski definition) is 1. The zero-order valence-corrected chi connectivity index (χ0v) is 18.4. The summed E-state index contributed by atoms with van der Waals surface area (Å²) in [6.45, 7) is 2.01. The van der Waals surface area contributed by atoms with Crippen LogP contribution in [0.2, 0.25) is 0 Å². The summed E-state index contributed by atoms with van der Waals surface area (Å²) < 4.78 is 48.1. The highest BCUT2D eigenvalue weighted by Gasteiger charge is 2.20. The normalized spacial score (nSPS) is 14.7. The quantitative estimate of drug-likeness (QED) is 0.585. The fourth-order valence-electron chi connectivity index (χ4n) is 4.16. The van der Waals surface area contributed by atoms with Gasteiger partial charge in [0.05, 0.1) is 17.7 Å². The number of rotatable bonds is 7. The summed E-state index contributed by atoms with van der Waals surface area (Å²) in [5, 5.41) is 1.35. The molecule has 31 heavy (non-hydrogen) atoms. The Morgan fingerprint density at radius 1 is 1.00 bits per heavy atom. The number of ether oxygens (including phenoxy) is 1. The fourth-order valence-corrected chi connectivity index (χ4v) is 5.22. The van der Waals surface area contributed by atoms with E-state index in [4.69, 9.17) is 4.74 Å². The Morgan fingerprint density at radius 3 is 2.48 bits per heavy atom. The van der Waals surface area contributed by atoms with Gasteiger partial charge in [0.15, 0.2) is 0 Å². The van der Waals surface area contributed by atoms with E-state index in [1.807, 2.05) is 12.1 Å². The highest BCUT2D eigenvalue weighted by molar-refractivity contribution is 7.89. The number of hydrogen-bond acceptors (Lipinski definition) is 4. The lowest BCUT2D eigenvalue weighted by Gasteiger charge is -2.30. The van der Waals surface area contributed by atoms with Crippen molar-refractivity contribution >= 4 is 26.5 Å². The van der Waals surface area contributed by atoms with Crippen LogP contribution in [0.25, 0.3) is 10.8 Å². The molecule has 0 bridgehead atoms. The van der Waals surface area contributed by atoms with Gasteiger partial charge < -0.3 is 9.64 Å². The molecule has 0 spiro atoms. The van der Waals surface area contributed by atoms with E-state index in [1.54, 1.807) is 43.5 Å². The largest absolute Gasteiger partial charge is 0.495 e. The van der Waals surface area contributed by atoms with Gasteiger partial charge in [-0.3, -0.25) is 0 Å². The molecule has 3 aromatic rings. The third-order valence-electron chi connectivity index (χ3n) is 5.80. The lowest BCUT2D eigenvalue weighted by Crippen LogP contribution is -2.30. The summed E-state index contributed by atoms with van der Waals surface area (Å²) in [6, 6.07) is 15.4. The molecule has 1 fully saturated rings. The molecule has 0 atom stereocenters. The monoisotopic (exact) mass is 442 g/mol. The fraction of sp³-hybridized carbons (Fsp3) is 0.333. The Kier molecular flexibility index (Phi) is 6.43. The molecule has 0 saturated carbocycles. The van der Waals surface area contributed by atoms with Crippen molar-refractivity contribution in [2.45, 2.75) is 30.6 Å². The number of nitrogens with zero attached hydrogens (tertiary/aromatic N) is 1. The van der Waals surface area contributed by atoms with Crippen molar-refractivity contribution in [3.05, 3.63) is 66.0 Å². The summed E-state index contributed by atoms with van der Waals surface area (Å²) in [7, 11) is -2.08. The van der Waals surface area contributed by atoms with Gasteiger partial charge in [-0.2, -0.15) is 0 Å². The van der Waals surface area contributed by atoms with Crippen LogP contribution in [0.5, 0.6) is 5.75 Å². The van der Waals surface area contributed by atoms with Crippen LogP contribution in [0.3, 0.4) is 0 Å². The van der Waals surface area contributed by atoms with E-state index in [-0.39, 0.29) is 17.3 Å². The van der Waals surface area contributed by atoms with Gasteiger partial charge >= 0.3 is 0 Å². The smallest absolute Gasteiger partial charge is 0.240 e. The van der Waals surface area contributed by atoms with Crippen molar-refractivity contribution in [3.63, 3.8) is 0 Å². The molecule has 0 unspecified atom stereocenters. The van der Waals surface area contributed by atoms with Gasteiger partial charge in [0, 0.05) is 25.0 Å². The van der Waals surface area contributed by atoms with Gasteiger partial charge in [0.1, 0.15) is 11.6 Å². The predicted octanol–water partition coefficient (Wildman–Crippen LogP) is 4.50. The zero-order chi connectivity index (χ0) is 21.8. The molecule has 0 amide bonds. The topological polar surface area (TPSA) is 58.6 Å². The molecule has 1 aliphatic heterocycles. The molecule has 0 aromatic heterocycles. The maximum atomic E-state index is 14.0. The number of nitrogens with one attached hydrogen (secondary N) is 1. The molecule has 3 aromatic carbocycles. The van der Waals surface area contributed by atoms with Gasteiger partial charge in [-0.15, -0.1) is 0 Å². The second-order valence-corrected chi connectivity index (χ2v) is 9.55. The Balaban J connectivity index is 1.51. The molecule has 1 saturated heterocycles. The summed E-state index contributed by atoms with van der Waals surface area (Å²) in [6.07, 6.45) is 3.83. The van der Waals surface area contributed by atoms with Crippen LogP contribution >= 0.6 is 0 Å². The van der Waals surface area contributed by atoms with E-state index < -0.39 is 10.0 Å². The van der Waals surface area contributed by atoms with Crippen molar-refractivity contribution in [1.29, 1.82) is 0 Å². The SMILES string of the molecule is COc1ccc(S(=O)(=O)NCCc2ccc(F)c3ccccc23)cc1N1CCCCC1. The average Bonchev–Trinajstić information content (AvgIpc) is 2.81. The number of anilines is 1. The molecular weight excluding hydrogens is 415 g/mol. The van der Waals surface area contributed by atoms with Gasteiger partial charge in [-0.1, -0.05) is 30.3 Å². The standard InChI is InChI=1S/C24H27FN2O3S/c1-30-24-12-10-19(17-23(24)27-15-5-2-6-16-27)31(28,29)26-14-13-18-9-11-22(25)21-8-4-3-7-20(18)21/h3-4,7-12,17,26H,2,5-6,13-16H2,1H3. The second-order valence-electron chi connectivity index (χ2n) is 7.78. The molecule has 7 heteroatoms. The maximum absolute atomic E-state index is 14.0. The van der Waals surface area contributed by atoms with Crippen LogP contribution in [0.1, 0.15) is 24.8 Å². The first-order valence-corrected chi connectivity index (χ1v) is 12.1. The Hall–Kier alpha value is -2.64. The molecule has 164 valence electrons. The van der Waals surface area contributed by atoms with E-state index in [2.05, 4.69) is 9.62 Å². The van der Waals surface area contributed by atoms with E-state index in [9.17, 15) is 12.8 Å². The molecular formula is C24H27FN2O3S. The molecule has 1 heterocycles. The first kappa shape index (κ1) is 21.6. The summed E-state index contributed by atoms with van der Waals surface area (Å²) in [5.41, 5.74) is 1.72. The Morgan fingerprint density at radius 2 is 1.74 bits per heavy atom. The first-order valence-electron chi connectivity index (χ1n) is 10.6. The van der Waals surface area contributed by atoms with Gasteiger partial charge in [0.2, 0.25) is 10.0 Å². The minimum absolute atomic E-state index is 0.220. The minimum atomic E-state index is -3.68. The van der Waals surface area contributed by atoms with Crippen LogP contribution in [0.4, 0.5) is 10.1 Å². The van der Waals surface area contributed by atoms with Crippen LogP contribution in [0.15, 0.2) is 59.5 Å². The third kappa shape index (κ3) is 4.67. The number of methoxy groups -OCH3 is 1. The van der Waals surface area contributed by atoms with Crippen LogP contribution < -0.4 is 14.4 Å².